The van der Waals surface area contributed by atoms with Crippen molar-refractivity contribution in [1.82, 2.24) is 29.5 Å². The zero-order valence-corrected chi connectivity index (χ0v) is 18.5. The largest absolute Gasteiger partial charge is 0.383 e. The minimum Gasteiger partial charge on any atom is -0.383 e. The second-order valence-corrected chi connectivity index (χ2v) is 8.37. The van der Waals surface area contributed by atoms with Gasteiger partial charge in [-0.25, -0.2) is 19.3 Å². The van der Waals surface area contributed by atoms with E-state index in [0.717, 1.165) is 20.3 Å². The van der Waals surface area contributed by atoms with Crippen LogP contribution < -0.4 is 11.5 Å². The maximum Gasteiger partial charge on any atom is 0.169 e. The van der Waals surface area contributed by atoms with Crippen LogP contribution in [0.3, 0.4) is 0 Å². The molecule has 3 heterocycles. The molecule has 8 nitrogen and oxygen atoms in total. The number of anilines is 2. The molecule has 3 aromatic heterocycles. The first-order valence-corrected chi connectivity index (χ1v) is 10.5. The molecule has 2 aromatic carbocycles. The fourth-order valence-corrected chi connectivity index (χ4v) is 3.67. The second kappa shape index (κ2) is 7.22. The van der Waals surface area contributed by atoms with Gasteiger partial charge in [0.15, 0.2) is 11.5 Å². The predicted molar refractivity (Wildman–Crippen MR) is 123 cm³/mol. The number of fused-ring (bicyclic) bond motifs is 1. The number of benzene rings is 2. The lowest BCUT2D eigenvalue weighted by Gasteiger charge is -2.07. The van der Waals surface area contributed by atoms with Crippen LogP contribution in [0.5, 0.6) is 0 Å². The molecular formula is C20H14Br2N8. The molecule has 5 aromatic rings. The Morgan fingerprint density at radius 1 is 0.700 bits per heavy atom. The smallest absolute Gasteiger partial charge is 0.169 e. The van der Waals surface area contributed by atoms with Gasteiger partial charge in [-0.3, -0.25) is 0 Å². The van der Waals surface area contributed by atoms with E-state index in [2.05, 4.69) is 47.0 Å². The Bertz CT molecular complexity index is 1370. The van der Waals surface area contributed by atoms with Crippen LogP contribution in [-0.2, 0) is 0 Å². The van der Waals surface area contributed by atoms with Crippen molar-refractivity contribution in [2.75, 3.05) is 11.5 Å². The van der Waals surface area contributed by atoms with Gasteiger partial charge in [0.05, 0.1) is 34.7 Å². The summed E-state index contributed by atoms with van der Waals surface area (Å²) in [5.41, 5.74) is 15.5. The number of halogens is 2. The lowest BCUT2D eigenvalue weighted by molar-refractivity contribution is 0.891. The Kier molecular flexibility index (Phi) is 4.52. The molecule has 0 aliphatic rings. The maximum atomic E-state index is 6.38. The topological polar surface area (TPSA) is 113 Å². The van der Waals surface area contributed by atoms with Crippen LogP contribution in [0.1, 0.15) is 0 Å². The van der Waals surface area contributed by atoms with Gasteiger partial charge in [-0.2, -0.15) is 10.2 Å². The lowest BCUT2D eigenvalue weighted by Crippen LogP contribution is -2.04. The summed E-state index contributed by atoms with van der Waals surface area (Å²) in [7, 11) is 0. The summed E-state index contributed by atoms with van der Waals surface area (Å²) in [6.07, 6.45) is 3.30. The predicted octanol–water partition coefficient (Wildman–Crippen LogP) is 4.36. The van der Waals surface area contributed by atoms with Crippen molar-refractivity contribution < 1.29 is 0 Å². The zero-order valence-electron chi connectivity index (χ0n) is 15.4. The van der Waals surface area contributed by atoms with Gasteiger partial charge in [-0.1, -0.05) is 31.9 Å². The highest BCUT2D eigenvalue weighted by Gasteiger charge is 2.18. The van der Waals surface area contributed by atoms with Gasteiger partial charge < -0.3 is 11.5 Å². The van der Waals surface area contributed by atoms with Crippen LogP contribution >= 0.6 is 31.9 Å². The molecule has 10 heteroatoms. The Morgan fingerprint density at radius 2 is 1.27 bits per heavy atom. The molecule has 0 saturated carbocycles. The molecule has 0 unspecified atom stereocenters. The first-order chi connectivity index (χ1) is 14.5. The van der Waals surface area contributed by atoms with E-state index in [9.17, 15) is 0 Å². The molecule has 4 N–H and O–H groups in total. The van der Waals surface area contributed by atoms with Crippen LogP contribution in [0, 0.1) is 0 Å². The van der Waals surface area contributed by atoms with E-state index in [4.69, 9.17) is 16.5 Å². The van der Waals surface area contributed by atoms with Crippen molar-refractivity contribution in [1.29, 1.82) is 0 Å². The van der Waals surface area contributed by atoms with E-state index >= 15 is 0 Å². The minimum absolute atomic E-state index is 0.328. The third-order valence-electron chi connectivity index (χ3n) is 4.65. The normalized spacial score (nSPS) is 11.3. The van der Waals surface area contributed by atoms with E-state index in [1.165, 1.54) is 0 Å². The minimum atomic E-state index is 0.328. The van der Waals surface area contributed by atoms with Crippen molar-refractivity contribution in [2.45, 2.75) is 0 Å². The van der Waals surface area contributed by atoms with Gasteiger partial charge in [-0.05, 0) is 48.5 Å². The van der Waals surface area contributed by atoms with Crippen molar-refractivity contribution in [3.8, 4) is 22.8 Å². The molecule has 0 saturated heterocycles. The molecule has 30 heavy (non-hydrogen) atoms. The average Bonchev–Trinajstić information content (AvgIpc) is 3.33. The van der Waals surface area contributed by atoms with Gasteiger partial charge >= 0.3 is 0 Å². The third kappa shape index (κ3) is 3.14. The molecule has 148 valence electrons. The monoisotopic (exact) mass is 524 g/mol. The van der Waals surface area contributed by atoms with E-state index in [1.807, 2.05) is 48.5 Å². The van der Waals surface area contributed by atoms with Crippen molar-refractivity contribution in [3.63, 3.8) is 0 Å². The zero-order chi connectivity index (χ0) is 20.8. The van der Waals surface area contributed by atoms with E-state index in [-0.39, 0.29) is 0 Å². The molecule has 0 radical (unpaired) electrons. The first-order valence-electron chi connectivity index (χ1n) is 8.88. The van der Waals surface area contributed by atoms with Crippen LogP contribution in [0.2, 0.25) is 0 Å². The number of hydrogen-bond donors (Lipinski definition) is 2. The standard InChI is InChI=1S/C20H14Br2N8/c21-11-1-5-13(6-2-11)29-18(24)16(10-25-29)19-27-17(23)15-9-26-30(20(15)28-19)14-7-3-12(22)4-8-14/h1-10H,24H2,(H2,23,27,28). The molecule has 5 rings (SSSR count). The average molecular weight is 526 g/mol. The SMILES string of the molecule is Nc1nc(-c2cnn(-c3ccc(Br)cc3)c2N)nc2c1cnn2-c1ccc(Br)cc1. The van der Waals surface area contributed by atoms with Crippen LogP contribution in [0.15, 0.2) is 69.9 Å². The Morgan fingerprint density at radius 3 is 1.90 bits per heavy atom. The number of nitrogens with zero attached hydrogens (tertiary/aromatic N) is 6. The quantitative estimate of drug-likeness (QED) is 0.362. The molecular weight excluding hydrogens is 512 g/mol. The Balaban J connectivity index is 1.64. The van der Waals surface area contributed by atoms with Crippen molar-refractivity contribution >= 4 is 54.5 Å². The number of aromatic nitrogens is 6. The molecule has 0 spiro atoms. The Labute approximate surface area is 187 Å². The maximum absolute atomic E-state index is 6.38. The van der Waals surface area contributed by atoms with Gasteiger partial charge in [0.25, 0.3) is 0 Å². The Hall–Kier alpha value is -3.24. The van der Waals surface area contributed by atoms with Crippen molar-refractivity contribution in [2.24, 2.45) is 0 Å². The number of nitrogen functional groups attached to an aromatic ring is 2. The summed E-state index contributed by atoms with van der Waals surface area (Å²) in [5, 5.41) is 9.51. The first kappa shape index (κ1) is 18.8. The highest BCUT2D eigenvalue weighted by molar-refractivity contribution is 9.10. The molecule has 0 aliphatic heterocycles. The van der Waals surface area contributed by atoms with Crippen LogP contribution in [-0.4, -0.2) is 29.5 Å². The molecule has 0 atom stereocenters. The molecule has 0 bridgehead atoms. The fraction of sp³-hybridized carbons (Fsp3) is 0. The summed E-state index contributed by atoms with van der Waals surface area (Å²) in [6, 6.07) is 15.4. The molecule has 0 aliphatic carbocycles. The third-order valence-corrected chi connectivity index (χ3v) is 5.71. The van der Waals surface area contributed by atoms with Crippen molar-refractivity contribution in [3.05, 3.63) is 69.9 Å². The van der Waals surface area contributed by atoms with Gasteiger partial charge in [0.2, 0.25) is 0 Å². The number of hydrogen-bond acceptors (Lipinski definition) is 6. The fourth-order valence-electron chi connectivity index (χ4n) is 3.14. The lowest BCUT2D eigenvalue weighted by atomic mass is 10.2. The van der Waals surface area contributed by atoms with E-state index in [1.54, 1.807) is 21.8 Å². The molecule has 0 amide bonds. The summed E-state index contributed by atoms with van der Waals surface area (Å²) in [6.45, 7) is 0. The van der Waals surface area contributed by atoms with Gasteiger partial charge in [0, 0.05) is 8.95 Å². The summed E-state index contributed by atoms with van der Waals surface area (Å²) < 4.78 is 5.31. The summed E-state index contributed by atoms with van der Waals surface area (Å²) >= 11 is 6.87. The van der Waals surface area contributed by atoms with E-state index < -0.39 is 0 Å². The van der Waals surface area contributed by atoms with E-state index in [0.29, 0.717) is 34.1 Å². The number of rotatable bonds is 3. The van der Waals surface area contributed by atoms with Crippen LogP contribution in [0.4, 0.5) is 11.6 Å². The molecule has 0 fully saturated rings. The number of nitrogens with two attached hydrogens (primary N) is 2. The summed E-state index contributed by atoms with van der Waals surface area (Å²) in [5.74, 6) is 1.14. The van der Waals surface area contributed by atoms with Crippen LogP contribution in [0.25, 0.3) is 33.8 Å². The second-order valence-electron chi connectivity index (χ2n) is 6.53. The van der Waals surface area contributed by atoms with Gasteiger partial charge in [0.1, 0.15) is 11.6 Å². The summed E-state index contributed by atoms with van der Waals surface area (Å²) in [4.78, 5) is 9.14. The van der Waals surface area contributed by atoms with Gasteiger partial charge in [-0.15, -0.1) is 0 Å². The highest BCUT2D eigenvalue weighted by Crippen LogP contribution is 2.29. The highest BCUT2D eigenvalue weighted by atomic mass is 79.9.